The molecule has 7 atom stereocenters. The topological polar surface area (TPSA) is 169 Å². The maximum atomic E-state index is 12.8. The van der Waals surface area contributed by atoms with Gasteiger partial charge in [-0.15, -0.1) is 0 Å². The van der Waals surface area contributed by atoms with Crippen molar-refractivity contribution in [2.24, 2.45) is 11.8 Å². The van der Waals surface area contributed by atoms with E-state index >= 15 is 0 Å². The van der Waals surface area contributed by atoms with E-state index in [1.807, 2.05) is 6.92 Å². The maximum Gasteiger partial charge on any atom is 0.326 e. The second-order valence-electron chi connectivity index (χ2n) is 7.44. The van der Waals surface area contributed by atoms with Crippen molar-refractivity contribution in [1.29, 1.82) is 0 Å². The van der Waals surface area contributed by atoms with Crippen molar-refractivity contribution in [2.45, 2.75) is 70.2 Å². The fourth-order valence-electron chi connectivity index (χ4n) is 2.94. The second kappa shape index (κ2) is 9.76. The molecule has 0 radical (unpaired) electrons. The molecule has 0 aromatic carbocycles. The number of aliphatic hydroxyl groups excluding tert-OH is 4. The van der Waals surface area contributed by atoms with Crippen molar-refractivity contribution in [3.05, 3.63) is 0 Å². The normalized spacial score (nSPS) is 32.0. The van der Waals surface area contributed by atoms with E-state index in [-0.39, 0.29) is 18.4 Å². The Morgan fingerprint density at radius 3 is 2.22 bits per heavy atom. The van der Waals surface area contributed by atoms with Gasteiger partial charge in [0.2, 0.25) is 5.91 Å². The molecule has 1 heterocycles. The van der Waals surface area contributed by atoms with Gasteiger partial charge in [-0.2, -0.15) is 0 Å². The van der Waals surface area contributed by atoms with Gasteiger partial charge in [-0.25, -0.2) is 4.79 Å². The van der Waals surface area contributed by atoms with Crippen molar-refractivity contribution in [1.82, 2.24) is 10.6 Å². The first kappa shape index (κ1) is 23.7. The maximum absolute atomic E-state index is 12.8. The first-order valence-corrected chi connectivity index (χ1v) is 9.10. The zero-order valence-electron chi connectivity index (χ0n) is 16.1. The largest absolute Gasteiger partial charge is 0.480 e. The lowest BCUT2D eigenvalue weighted by atomic mass is 9.90. The molecule has 0 aromatic heterocycles. The number of aliphatic carboxylic acids is 1. The third-order valence-electron chi connectivity index (χ3n) is 5.07. The Morgan fingerprint density at radius 2 is 1.78 bits per heavy atom. The van der Waals surface area contributed by atoms with Crippen molar-refractivity contribution >= 4 is 11.9 Å². The highest BCUT2D eigenvalue weighted by Crippen LogP contribution is 2.26. The molecule has 3 unspecified atom stereocenters. The lowest BCUT2D eigenvalue weighted by Crippen LogP contribution is -2.72. The van der Waals surface area contributed by atoms with Gasteiger partial charge in [-0.1, -0.05) is 34.1 Å². The molecule has 7 N–H and O–H groups in total. The second-order valence-corrected chi connectivity index (χ2v) is 7.44. The molecule has 27 heavy (non-hydrogen) atoms. The Kier molecular flexibility index (Phi) is 8.58. The fourth-order valence-corrected chi connectivity index (χ4v) is 2.94. The van der Waals surface area contributed by atoms with Crippen LogP contribution in [0.1, 0.15) is 34.1 Å². The molecule has 1 rings (SSSR count). The number of ether oxygens (including phenoxy) is 1. The monoisotopic (exact) mass is 392 g/mol. The van der Waals surface area contributed by atoms with Crippen molar-refractivity contribution in [2.75, 3.05) is 13.2 Å². The van der Waals surface area contributed by atoms with E-state index < -0.39 is 54.6 Å². The number of carboxylic acids is 1. The van der Waals surface area contributed by atoms with Gasteiger partial charge in [0.05, 0.1) is 19.3 Å². The lowest BCUT2D eigenvalue weighted by Gasteiger charge is -2.46. The summed E-state index contributed by atoms with van der Waals surface area (Å²) in [7, 11) is 0. The first-order valence-electron chi connectivity index (χ1n) is 9.10. The highest BCUT2D eigenvalue weighted by molar-refractivity contribution is 5.87. The molecule has 0 bridgehead atoms. The van der Waals surface area contributed by atoms with E-state index in [2.05, 4.69) is 10.6 Å². The number of carbonyl (C=O) groups is 2. The van der Waals surface area contributed by atoms with Gasteiger partial charge in [0.25, 0.3) is 0 Å². The van der Waals surface area contributed by atoms with Crippen LogP contribution in [-0.4, -0.2) is 86.7 Å². The molecule has 0 aromatic rings. The van der Waals surface area contributed by atoms with E-state index in [4.69, 9.17) is 4.74 Å². The standard InChI is InChI=1S/C17H32N2O8/c1-5-9(4)12(15(24)18-11(8(2)3)16(25)26)19-17(7-20)14(23)13(22)10(21)6-27-17/h8-14,19-23H,5-7H2,1-4H3,(H,18,24)(H,25,26)/t9?,10-,11?,12?,13-,14+,17-/m1/s1. The molecule has 0 spiro atoms. The van der Waals surface area contributed by atoms with Gasteiger partial charge in [0.1, 0.15) is 24.4 Å². The minimum Gasteiger partial charge on any atom is -0.480 e. The molecule has 1 aliphatic heterocycles. The summed E-state index contributed by atoms with van der Waals surface area (Å²) in [5.74, 6) is -2.47. The Morgan fingerprint density at radius 1 is 1.19 bits per heavy atom. The number of nitrogens with one attached hydrogen (secondary N) is 2. The van der Waals surface area contributed by atoms with Crippen molar-refractivity contribution in [3.8, 4) is 0 Å². The first-order chi connectivity index (χ1) is 12.5. The van der Waals surface area contributed by atoms with Gasteiger partial charge in [-0.05, 0) is 11.8 Å². The number of hydrogen-bond donors (Lipinski definition) is 7. The molecule has 1 aliphatic rings. The fraction of sp³-hybridized carbons (Fsp3) is 0.882. The van der Waals surface area contributed by atoms with Crippen LogP contribution in [0.2, 0.25) is 0 Å². The Balaban J connectivity index is 3.09. The van der Waals surface area contributed by atoms with Crippen LogP contribution in [-0.2, 0) is 14.3 Å². The number of hydrogen-bond acceptors (Lipinski definition) is 8. The van der Waals surface area contributed by atoms with Gasteiger partial charge >= 0.3 is 5.97 Å². The van der Waals surface area contributed by atoms with E-state index in [1.54, 1.807) is 20.8 Å². The van der Waals surface area contributed by atoms with E-state index in [1.165, 1.54) is 0 Å². The molecule has 1 saturated heterocycles. The summed E-state index contributed by atoms with van der Waals surface area (Å²) >= 11 is 0. The number of carbonyl (C=O) groups excluding carboxylic acids is 1. The SMILES string of the molecule is CCC(C)C(N[C@]1(CO)OC[C@@H](O)[C@@H](O)[C@@H]1O)C(=O)NC(C(=O)O)C(C)C. The van der Waals surface area contributed by atoms with E-state index in [9.17, 15) is 35.1 Å². The average molecular weight is 392 g/mol. The molecule has 10 heteroatoms. The highest BCUT2D eigenvalue weighted by Gasteiger charge is 2.51. The van der Waals surface area contributed by atoms with Gasteiger partial charge in [-0.3, -0.25) is 10.1 Å². The van der Waals surface area contributed by atoms with Crippen LogP contribution < -0.4 is 10.6 Å². The molecule has 0 aliphatic carbocycles. The molecule has 1 fully saturated rings. The van der Waals surface area contributed by atoms with Gasteiger partial charge in [0.15, 0.2) is 5.72 Å². The average Bonchev–Trinajstić information content (AvgIpc) is 2.62. The summed E-state index contributed by atoms with van der Waals surface area (Å²) in [4.78, 5) is 24.2. The van der Waals surface area contributed by atoms with Crippen molar-refractivity contribution < 1.29 is 39.9 Å². The van der Waals surface area contributed by atoms with Crippen LogP contribution in [0.15, 0.2) is 0 Å². The molecular weight excluding hydrogens is 360 g/mol. The summed E-state index contributed by atoms with van der Waals surface area (Å²) in [5.41, 5.74) is -1.87. The van der Waals surface area contributed by atoms with Crippen molar-refractivity contribution in [3.63, 3.8) is 0 Å². The minimum atomic E-state index is -1.87. The van der Waals surface area contributed by atoms with E-state index in [0.717, 1.165) is 0 Å². The zero-order valence-corrected chi connectivity index (χ0v) is 16.1. The quantitative estimate of drug-likeness (QED) is 0.235. The number of carboxylic acid groups (broad SMARTS) is 1. The molecular formula is C17H32N2O8. The van der Waals surface area contributed by atoms with E-state index in [0.29, 0.717) is 6.42 Å². The van der Waals surface area contributed by atoms with Crippen LogP contribution in [0.3, 0.4) is 0 Å². The lowest BCUT2D eigenvalue weighted by molar-refractivity contribution is -0.261. The highest BCUT2D eigenvalue weighted by atomic mass is 16.6. The number of amides is 1. The van der Waals surface area contributed by atoms with Crippen LogP contribution in [0.4, 0.5) is 0 Å². The molecule has 0 saturated carbocycles. The molecule has 10 nitrogen and oxygen atoms in total. The Hall–Kier alpha value is -1.30. The summed E-state index contributed by atoms with van der Waals surface area (Å²) in [5, 5.41) is 54.2. The molecule has 1 amide bonds. The van der Waals surface area contributed by atoms with Gasteiger partial charge in [0, 0.05) is 0 Å². The van der Waals surface area contributed by atoms with Crippen LogP contribution in [0.25, 0.3) is 0 Å². The summed E-state index contributed by atoms with van der Waals surface area (Å²) in [6.45, 7) is 5.76. The third-order valence-corrected chi connectivity index (χ3v) is 5.07. The van der Waals surface area contributed by atoms with Crippen LogP contribution in [0, 0.1) is 11.8 Å². The Labute approximate surface area is 158 Å². The predicted molar refractivity (Wildman–Crippen MR) is 94.6 cm³/mol. The number of aliphatic hydroxyl groups is 4. The smallest absolute Gasteiger partial charge is 0.326 e. The summed E-state index contributed by atoms with van der Waals surface area (Å²) < 4.78 is 5.37. The van der Waals surface area contributed by atoms with Crippen LogP contribution >= 0.6 is 0 Å². The summed E-state index contributed by atoms with van der Waals surface area (Å²) in [6.07, 6.45) is -4.09. The summed E-state index contributed by atoms with van der Waals surface area (Å²) in [6, 6.07) is -2.12. The zero-order chi connectivity index (χ0) is 20.9. The Bertz CT molecular complexity index is 517. The third kappa shape index (κ3) is 5.37. The van der Waals surface area contributed by atoms with Gasteiger partial charge < -0.3 is 35.6 Å². The van der Waals surface area contributed by atoms with Crippen LogP contribution in [0.5, 0.6) is 0 Å². The minimum absolute atomic E-state index is 0.310. The number of rotatable bonds is 9. The predicted octanol–water partition coefficient (Wildman–Crippen LogP) is -1.98. The molecule has 158 valence electrons.